The van der Waals surface area contributed by atoms with Gasteiger partial charge in [0.05, 0.1) is 0 Å². The lowest BCUT2D eigenvalue weighted by Gasteiger charge is -2.27. The van der Waals surface area contributed by atoms with Crippen molar-refractivity contribution in [3.05, 3.63) is 59.2 Å². The molecule has 0 saturated carbocycles. The molecule has 2 aromatic rings. The molecule has 0 aliphatic heterocycles. The second-order valence-electron chi connectivity index (χ2n) is 7.88. The Hall–Kier alpha value is -2.62. The van der Waals surface area contributed by atoms with Gasteiger partial charge in [0.1, 0.15) is 0 Å². The Morgan fingerprint density at radius 1 is 0.929 bits per heavy atom. The molecular formula is C24H32N2O2. The molecule has 0 aromatic heterocycles. The van der Waals surface area contributed by atoms with Gasteiger partial charge in [0.15, 0.2) is 0 Å². The molecular weight excluding hydrogens is 348 g/mol. The van der Waals surface area contributed by atoms with Crippen molar-refractivity contribution in [2.45, 2.75) is 59.8 Å². The molecule has 2 aromatic carbocycles. The zero-order chi connectivity index (χ0) is 20.8. The average molecular weight is 381 g/mol. The van der Waals surface area contributed by atoms with E-state index >= 15 is 0 Å². The molecule has 1 N–H and O–H groups in total. The van der Waals surface area contributed by atoms with Crippen LogP contribution in [0.1, 0.15) is 69.6 Å². The number of nitrogens with zero attached hydrogens (tertiary/aromatic N) is 1. The monoisotopic (exact) mass is 380 g/mol. The van der Waals surface area contributed by atoms with Crippen molar-refractivity contribution in [2.75, 3.05) is 16.8 Å². The summed E-state index contributed by atoms with van der Waals surface area (Å²) in [4.78, 5) is 26.7. The van der Waals surface area contributed by atoms with Crippen LogP contribution in [-0.4, -0.2) is 18.4 Å². The lowest BCUT2D eigenvalue weighted by molar-refractivity contribution is -0.117. The number of anilines is 2. The minimum atomic E-state index is -0.0842. The molecule has 0 aliphatic rings. The highest BCUT2D eigenvalue weighted by Crippen LogP contribution is 2.31. The predicted octanol–water partition coefficient (Wildman–Crippen LogP) is 5.62. The highest BCUT2D eigenvalue weighted by atomic mass is 16.2. The molecule has 4 heteroatoms. The van der Waals surface area contributed by atoms with Gasteiger partial charge < -0.3 is 10.2 Å². The number of aryl methyl sites for hydroxylation is 1. The Morgan fingerprint density at radius 3 is 2.14 bits per heavy atom. The number of rotatable bonds is 7. The van der Waals surface area contributed by atoms with E-state index in [2.05, 4.69) is 39.1 Å². The quantitative estimate of drug-likeness (QED) is 0.677. The zero-order valence-corrected chi connectivity index (χ0v) is 17.9. The molecule has 0 spiro atoms. The van der Waals surface area contributed by atoms with Crippen LogP contribution in [0.15, 0.2) is 42.5 Å². The molecule has 0 aliphatic carbocycles. The lowest BCUT2D eigenvalue weighted by atomic mass is 9.97. The SMILES string of the molecule is CC(=O)N(CCC(=O)Nc1ccccc1C(C)C)c1c(C)cccc1C(C)C. The molecule has 28 heavy (non-hydrogen) atoms. The van der Waals surface area contributed by atoms with Crippen molar-refractivity contribution in [1.82, 2.24) is 0 Å². The Kier molecular flexibility index (Phi) is 7.38. The number of nitrogens with one attached hydrogen (secondary N) is 1. The van der Waals surface area contributed by atoms with Crippen molar-refractivity contribution >= 4 is 23.2 Å². The van der Waals surface area contributed by atoms with Crippen LogP contribution in [-0.2, 0) is 9.59 Å². The minimum Gasteiger partial charge on any atom is -0.326 e. The van der Waals surface area contributed by atoms with E-state index in [1.54, 1.807) is 11.8 Å². The van der Waals surface area contributed by atoms with Gasteiger partial charge in [-0.1, -0.05) is 64.1 Å². The summed E-state index contributed by atoms with van der Waals surface area (Å²) in [5.74, 6) is 0.486. The summed E-state index contributed by atoms with van der Waals surface area (Å²) < 4.78 is 0. The first kappa shape index (κ1) is 21.7. The van der Waals surface area contributed by atoms with Gasteiger partial charge in [-0.25, -0.2) is 0 Å². The van der Waals surface area contributed by atoms with E-state index in [0.717, 1.165) is 28.1 Å². The van der Waals surface area contributed by atoms with E-state index in [4.69, 9.17) is 0 Å². The molecule has 0 atom stereocenters. The summed E-state index contributed by atoms with van der Waals surface area (Å²) in [5, 5.41) is 3.01. The van der Waals surface area contributed by atoms with Crippen molar-refractivity contribution < 1.29 is 9.59 Å². The van der Waals surface area contributed by atoms with E-state index in [9.17, 15) is 9.59 Å². The van der Waals surface area contributed by atoms with Crippen LogP contribution in [0.25, 0.3) is 0 Å². The molecule has 0 unspecified atom stereocenters. The second kappa shape index (κ2) is 9.54. The van der Waals surface area contributed by atoms with E-state index < -0.39 is 0 Å². The minimum absolute atomic E-state index is 0.0495. The molecule has 2 amide bonds. The maximum absolute atomic E-state index is 12.6. The van der Waals surface area contributed by atoms with Crippen molar-refractivity contribution in [2.24, 2.45) is 0 Å². The summed E-state index contributed by atoms with van der Waals surface area (Å²) in [6.07, 6.45) is 0.248. The van der Waals surface area contributed by atoms with Gasteiger partial charge >= 0.3 is 0 Å². The maximum Gasteiger partial charge on any atom is 0.226 e. The summed E-state index contributed by atoms with van der Waals surface area (Å²) in [5.41, 5.74) is 5.06. The highest BCUT2D eigenvalue weighted by molar-refractivity contribution is 5.96. The van der Waals surface area contributed by atoms with E-state index in [0.29, 0.717) is 18.4 Å². The van der Waals surface area contributed by atoms with Crippen LogP contribution in [0, 0.1) is 6.92 Å². The fourth-order valence-electron chi connectivity index (χ4n) is 3.48. The number of hydrogen-bond donors (Lipinski definition) is 1. The number of para-hydroxylation sites is 2. The second-order valence-corrected chi connectivity index (χ2v) is 7.88. The van der Waals surface area contributed by atoms with E-state index in [1.807, 2.05) is 43.3 Å². The van der Waals surface area contributed by atoms with Crippen LogP contribution in [0.2, 0.25) is 0 Å². The molecule has 0 radical (unpaired) electrons. The third kappa shape index (κ3) is 5.22. The first-order valence-electron chi connectivity index (χ1n) is 9.98. The fourth-order valence-corrected chi connectivity index (χ4v) is 3.48. The van der Waals surface area contributed by atoms with Crippen LogP contribution >= 0.6 is 0 Å². The molecule has 150 valence electrons. The zero-order valence-electron chi connectivity index (χ0n) is 17.9. The molecule has 0 fully saturated rings. The molecule has 0 saturated heterocycles. The third-order valence-corrected chi connectivity index (χ3v) is 4.96. The Morgan fingerprint density at radius 2 is 1.54 bits per heavy atom. The number of amides is 2. The lowest BCUT2D eigenvalue weighted by Crippen LogP contribution is -2.33. The van der Waals surface area contributed by atoms with Crippen molar-refractivity contribution in [1.29, 1.82) is 0 Å². The standard InChI is InChI=1S/C24H32N2O2/c1-16(2)20-11-7-8-13-22(20)25-23(28)14-15-26(19(6)27)24-18(5)10-9-12-21(24)17(3)4/h7-13,16-17H,14-15H2,1-6H3,(H,25,28). The molecule has 4 nitrogen and oxygen atoms in total. The van der Waals surface area contributed by atoms with Gasteiger partial charge in [-0.2, -0.15) is 0 Å². The maximum atomic E-state index is 12.6. The number of hydrogen-bond acceptors (Lipinski definition) is 2. The Bertz CT molecular complexity index is 840. The van der Waals surface area contributed by atoms with Crippen molar-refractivity contribution in [3.8, 4) is 0 Å². The summed E-state index contributed by atoms with van der Waals surface area (Å²) >= 11 is 0. The smallest absolute Gasteiger partial charge is 0.226 e. The average Bonchev–Trinajstić information content (AvgIpc) is 2.62. The Labute approximate surface area is 169 Å². The first-order chi connectivity index (χ1) is 13.2. The van der Waals surface area contributed by atoms with Crippen LogP contribution in [0.5, 0.6) is 0 Å². The molecule has 0 heterocycles. The van der Waals surface area contributed by atoms with Gasteiger partial charge in [-0.3, -0.25) is 9.59 Å². The van der Waals surface area contributed by atoms with E-state index in [1.165, 1.54) is 0 Å². The molecule has 0 bridgehead atoms. The third-order valence-electron chi connectivity index (χ3n) is 4.96. The van der Waals surface area contributed by atoms with E-state index in [-0.39, 0.29) is 18.2 Å². The molecule has 2 rings (SSSR count). The number of benzene rings is 2. The fraction of sp³-hybridized carbons (Fsp3) is 0.417. The summed E-state index contributed by atoms with van der Waals surface area (Å²) in [6.45, 7) is 12.4. The first-order valence-corrected chi connectivity index (χ1v) is 9.98. The van der Waals surface area contributed by atoms with Crippen LogP contribution < -0.4 is 10.2 Å². The topological polar surface area (TPSA) is 49.4 Å². The number of carbonyl (C=O) groups is 2. The van der Waals surface area contributed by atoms with Crippen molar-refractivity contribution in [3.63, 3.8) is 0 Å². The van der Waals surface area contributed by atoms with Crippen LogP contribution in [0.4, 0.5) is 11.4 Å². The van der Waals surface area contributed by atoms with Gasteiger partial charge in [-0.05, 0) is 41.5 Å². The summed E-state index contributed by atoms with van der Waals surface area (Å²) in [6, 6.07) is 13.9. The Balaban J connectivity index is 2.18. The van der Waals surface area contributed by atoms with Gasteiger partial charge in [0.25, 0.3) is 0 Å². The largest absolute Gasteiger partial charge is 0.326 e. The normalized spacial score (nSPS) is 11.0. The number of carbonyl (C=O) groups excluding carboxylic acids is 2. The van der Waals surface area contributed by atoms with Gasteiger partial charge in [-0.15, -0.1) is 0 Å². The highest BCUT2D eigenvalue weighted by Gasteiger charge is 2.20. The van der Waals surface area contributed by atoms with Crippen LogP contribution in [0.3, 0.4) is 0 Å². The van der Waals surface area contributed by atoms with Gasteiger partial charge in [0, 0.05) is 31.3 Å². The predicted molar refractivity (Wildman–Crippen MR) is 117 cm³/mol. The van der Waals surface area contributed by atoms with Gasteiger partial charge in [0.2, 0.25) is 11.8 Å². The summed E-state index contributed by atoms with van der Waals surface area (Å²) in [7, 11) is 0.